The Labute approximate surface area is 293 Å². The molecule has 0 saturated heterocycles. The van der Waals surface area contributed by atoms with E-state index in [0.29, 0.717) is 0 Å². The predicted octanol–water partition coefficient (Wildman–Crippen LogP) is 14.1. The van der Waals surface area contributed by atoms with E-state index in [1.807, 2.05) is 24.3 Å². The van der Waals surface area contributed by atoms with E-state index in [1.54, 1.807) is 0 Å². The molecule has 0 spiro atoms. The van der Waals surface area contributed by atoms with E-state index in [-0.39, 0.29) is 0 Å². The SMILES string of the molecule is c1ccc(-c2cc(-c3ccccc3)cc(-c3ccc(N=Nc4ccc(-c5cc(-c6ccccc6)cc(-c6ccccc6)c5)cc4)cc3)c2)cc1. The van der Waals surface area contributed by atoms with Crippen molar-refractivity contribution in [2.24, 2.45) is 10.2 Å². The van der Waals surface area contributed by atoms with Gasteiger partial charge in [-0.05, 0) is 127 Å². The van der Waals surface area contributed by atoms with Crippen molar-refractivity contribution in [1.29, 1.82) is 0 Å². The third-order valence-corrected chi connectivity index (χ3v) is 8.98. The summed E-state index contributed by atoms with van der Waals surface area (Å²) in [4.78, 5) is 0. The second kappa shape index (κ2) is 14.2. The molecule has 0 bridgehead atoms. The minimum Gasteiger partial charge on any atom is -0.151 e. The fraction of sp³-hybridized carbons (Fsp3) is 0. The topological polar surface area (TPSA) is 24.7 Å². The van der Waals surface area contributed by atoms with Gasteiger partial charge in [0.15, 0.2) is 0 Å². The minimum atomic E-state index is 0.809. The molecule has 0 aliphatic carbocycles. The lowest BCUT2D eigenvalue weighted by atomic mass is 9.93. The average Bonchev–Trinajstić information content (AvgIpc) is 3.21. The number of hydrogen-bond donors (Lipinski definition) is 0. The van der Waals surface area contributed by atoms with Crippen LogP contribution in [0, 0.1) is 0 Å². The zero-order chi connectivity index (χ0) is 33.5. The van der Waals surface area contributed by atoms with Gasteiger partial charge in [0.1, 0.15) is 0 Å². The van der Waals surface area contributed by atoms with E-state index in [9.17, 15) is 0 Å². The molecular weight excluding hydrogens is 605 g/mol. The molecule has 0 radical (unpaired) electrons. The molecule has 0 atom stereocenters. The molecule has 2 nitrogen and oxygen atoms in total. The van der Waals surface area contributed by atoms with E-state index in [4.69, 9.17) is 0 Å². The third-order valence-electron chi connectivity index (χ3n) is 8.98. The predicted molar refractivity (Wildman–Crippen MR) is 210 cm³/mol. The maximum atomic E-state index is 4.58. The Morgan fingerprint density at radius 3 is 0.600 bits per heavy atom. The standard InChI is InChI=1S/C48H34N2/c1-5-13-35(14-6-1)41-29-42(36-15-7-2-8-16-36)32-45(31-41)39-21-25-47(26-22-39)49-50-48-27-23-40(24-28-48)46-33-43(37-17-9-3-10-18-37)30-44(34-46)38-19-11-4-12-20-38/h1-34H. The first-order valence-electron chi connectivity index (χ1n) is 16.9. The van der Waals surface area contributed by atoms with Gasteiger partial charge in [-0.3, -0.25) is 0 Å². The maximum Gasteiger partial charge on any atom is 0.0857 e. The highest BCUT2D eigenvalue weighted by Crippen LogP contribution is 2.35. The summed E-state index contributed by atoms with van der Waals surface area (Å²) in [5.74, 6) is 0. The van der Waals surface area contributed by atoms with Crippen LogP contribution in [0.5, 0.6) is 0 Å². The van der Waals surface area contributed by atoms with Crippen LogP contribution in [0.1, 0.15) is 0 Å². The summed E-state index contributed by atoms with van der Waals surface area (Å²) in [5, 5.41) is 9.15. The van der Waals surface area contributed by atoms with Gasteiger partial charge >= 0.3 is 0 Å². The van der Waals surface area contributed by atoms with Crippen LogP contribution in [-0.2, 0) is 0 Å². The highest BCUT2D eigenvalue weighted by atomic mass is 15.1. The highest BCUT2D eigenvalue weighted by Gasteiger charge is 2.09. The van der Waals surface area contributed by atoms with Crippen LogP contribution in [0.2, 0.25) is 0 Å². The molecule has 8 aromatic rings. The second-order valence-electron chi connectivity index (χ2n) is 12.4. The monoisotopic (exact) mass is 638 g/mol. The van der Waals surface area contributed by atoms with Crippen LogP contribution in [0.15, 0.2) is 216 Å². The number of hydrogen-bond acceptors (Lipinski definition) is 2. The summed E-state index contributed by atoms with van der Waals surface area (Å²) in [6, 6.07) is 72.4. The molecule has 0 aliphatic rings. The molecule has 2 heteroatoms. The quantitative estimate of drug-likeness (QED) is 0.148. The first-order chi connectivity index (χ1) is 24.7. The molecule has 236 valence electrons. The zero-order valence-corrected chi connectivity index (χ0v) is 27.5. The van der Waals surface area contributed by atoms with Crippen molar-refractivity contribution >= 4 is 11.4 Å². The van der Waals surface area contributed by atoms with Crippen molar-refractivity contribution < 1.29 is 0 Å². The van der Waals surface area contributed by atoms with E-state index in [1.165, 1.54) is 44.5 Å². The van der Waals surface area contributed by atoms with Crippen LogP contribution < -0.4 is 0 Å². The van der Waals surface area contributed by atoms with Gasteiger partial charge in [0, 0.05) is 0 Å². The summed E-state index contributed by atoms with van der Waals surface area (Å²) in [6.45, 7) is 0. The van der Waals surface area contributed by atoms with Crippen molar-refractivity contribution in [3.63, 3.8) is 0 Å². The van der Waals surface area contributed by atoms with Gasteiger partial charge in [-0.25, -0.2) is 0 Å². The van der Waals surface area contributed by atoms with Crippen LogP contribution in [-0.4, -0.2) is 0 Å². The summed E-state index contributed by atoms with van der Waals surface area (Å²) in [7, 11) is 0. The summed E-state index contributed by atoms with van der Waals surface area (Å²) < 4.78 is 0. The summed E-state index contributed by atoms with van der Waals surface area (Å²) >= 11 is 0. The molecule has 0 fully saturated rings. The van der Waals surface area contributed by atoms with Crippen LogP contribution in [0.3, 0.4) is 0 Å². The van der Waals surface area contributed by atoms with Gasteiger partial charge in [-0.2, -0.15) is 10.2 Å². The molecule has 0 aliphatic heterocycles. The van der Waals surface area contributed by atoms with Crippen molar-refractivity contribution in [2.45, 2.75) is 0 Å². The molecule has 50 heavy (non-hydrogen) atoms. The molecule has 8 aromatic carbocycles. The molecule has 0 amide bonds. The van der Waals surface area contributed by atoms with Crippen LogP contribution >= 0.6 is 0 Å². The second-order valence-corrected chi connectivity index (χ2v) is 12.4. The van der Waals surface area contributed by atoms with Crippen molar-refractivity contribution in [2.75, 3.05) is 0 Å². The molecule has 8 rings (SSSR count). The van der Waals surface area contributed by atoms with Crippen molar-refractivity contribution in [3.8, 4) is 66.8 Å². The first kappa shape index (κ1) is 30.7. The van der Waals surface area contributed by atoms with Gasteiger partial charge in [0.25, 0.3) is 0 Å². The van der Waals surface area contributed by atoms with Gasteiger partial charge in [-0.15, -0.1) is 0 Å². The Bertz CT molecular complexity index is 2080. The fourth-order valence-electron chi connectivity index (χ4n) is 6.33. The molecule has 0 unspecified atom stereocenters. The number of rotatable bonds is 8. The van der Waals surface area contributed by atoms with Gasteiger partial charge < -0.3 is 0 Å². The number of nitrogens with zero attached hydrogens (tertiary/aromatic N) is 2. The molecule has 0 heterocycles. The summed E-state index contributed by atoms with van der Waals surface area (Å²) in [6.07, 6.45) is 0. The Hall–Kier alpha value is -6.64. The van der Waals surface area contributed by atoms with E-state index >= 15 is 0 Å². The Morgan fingerprint density at radius 1 is 0.180 bits per heavy atom. The van der Waals surface area contributed by atoms with Crippen molar-refractivity contribution in [1.82, 2.24) is 0 Å². The van der Waals surface area contributed by atoms with Crippen LogP contribution in [0.25, 0.3) is 66.8 Å². The minimum absolute atomic E-state index is 0.809. The van der Waals surface area contributed by atoms with Gasteiger partial charge in [0.05, 0.1) is 11.4 Å². The van der Waals surface area contributed by atoms with Crippen LogP contribution in [0.4, 0.5) is 11.4 Å². The summed E-state index contributed by atoms with van der Waals surface area (Å²) in [5.41, 5.74) is 15.8. The van der Waals surface area contributed by atoms with E-state index in [0.717, 1.165) is 33.6 Å². The fourth-order valence-corrected chi connectivity index (χ4v) is 6.33. The normalized spacial score (nSPS) is 11.1. The first-order valence-corrected chi connectivity index (χ1v) is 16.9. The highest BCUT2D eigenvalue weighted by molar-refractivity contribution is 5.83. The molecule has 0 N–H and O–H groups in total. The van der Waals surface area contributed by atoms with Gasteiger partial charge in [-0.1, -0.05) is 146 Å². The third kappa shape index (κ3) is 6.96. The zero-order valence-electron chi connectivity index (χ0n) is 27.5. The Balaban J connectivity index is 1.04. The lowest BCUT2D eigenvalue weighted by molar-refractivity contribution is 1.23. The van der Waals surface area contributed by atoms with E-state index in [2.05, 4.69) is 192 Å². The smallest absolute Gasteiger partial charge is 0.0857 e. The molecular formula is C48H34N2. The van der Waals surface area contributed by atoms with Gasteiger partial charge in [0.2, 0.25) is 0 Å². The average molecular weight is 639 g/mol. The molecule has 0 aromatic heterocycles. The lowest BCUT2D eigenvalue weighted by Gasteiger charge is -2.11. The Kier molecular flexibility index (Phi) is 8.73. The largest absolute Gasteiger partial charge is 0.151 e. The van der Waals surface area contributed by atoms with Crippen molar-refractivity contribution in [3.05, 3.63) is 206 Å². The molecule has 0 saturated carbocycles. The lowest BCUT2D eigenvalue weighted by Crippen LogP contribution is -1.86. The van der Waals surface area contributed by atoms with E-state index < -0.39 is 0 Å². The maximum absolute atomic E-state index is 4.58. The number of azo groups is 1. The number of benzene rings is 8. The Morgan fingerprint density at radius 2 is 0.380 bits per heavy atom.